The maximum Gasteiger partial charge on any atom is 0.232 e. The molecule has 0 radical (unpaired) electrons. The molecule has 9 heteroatoms. The van der Waals surface area contributed by atoms with Crippen molar-refractivity contribution < 1.29 is 4.74 Å². The van der Waals surface area contributed by atoms with Gasteiger partial charge in [-0.1, -0.05) is 54.9 Å². The third-order valence-corrected chi connectivity index (χ3v) is 9.35. The van der Waals surface area contributed by atoms with Crippen LogP contribution in [0.5, 0.6) is 0 Å². The molecule has 1 atom stereocenters. The zero-order valence-electron chi connectivity index (χ0n) is 23.7. The van der Waals surface area contributed by atoms with Crippen molar-refractivity contribution in [2.24, 2.45) is 5.92 Å². The van der Waals surface area contributed by atoms with Gasteiger partial charge in [0.1, 0.15) is 11.6 Å². The lowest BCUT2D eigenvalue weighted by molar-refractivity contribution is 0.0515. The maximum absolute atomic E-state index is 6.19. The fourth-order valence-electron chi connectivity index (χ4n) is 6.42. The van der Waals surface area contributed by atoms with E-state index in [0.717, 1.165) is 75.3 Å². The van der Waals surface area contributed by atoms with Crippen LogP contribution in [0.15, 0.2) is 54.6 Å². The lowest BCUT2D eigenvalue weighted by Gasteiger charge is -2.38. The summed E-state index contributed by atoms with van der Waals surface area (Å²) in [7, 11) is 0. The quantitative estimate of drug-likeness (QED) is 0.341. The molecule has 0 unspecified atom stereocenters. The number of benzene rings is 2. The second-order valence-corrected chi connectivity index (χ2v) is 12.6. The minimum Gasteiger partial charge on any atom is -0.381 e. The third kappa shape index (κ3) is 6.60. The number of piperidine rings is 1. The van der Waals surface area contributed by atoms with Crippen molar-refractivity contribution in [2.45, 2.75) is 51.0 Å². The van der Waals surface area contributed by atoms with Gasteiger partial charge in [0, 0.05) is 62.4 Å². The number of nitrogens with one attached hydrogen (secondary N) is 2. The normalized spacial score (nSPS) is 20.3. The highest BCUT2D eigenvalue weighted by molar-refractivity contribution is 7.80. The van der Waals surface area contributed by atoms with Gasteiger partial charge in [-0.15, -0.1) is 0 Å². The molecule has 0 bridgehead atoms. The van der Waals surface area contributed by atoms with Gasteiger partial charge in [-0.3, -0.25) is 0 Å². The number of rotatable bonds is 6. The van der Waals surface area contributed by atoms with E-state index < -0.39 is 0 Å². The molecule has 3 aliphatic rings. The lowest BCUT2D eigenvalue weighted by Crippen LogP contribution is -2.45. The van der Waals surface area contributed by atoms with Crippen molar-refractivity contribution >= 4 is 46.5 Å². The molecule has 2 aromatic carbocycles. The van der Waals surface area contributed by atoms with E-state index in [1.54, 1.807) is 0 Å². The van der Waals surface area contributed by atoms with Crippen LogP contribution in [0.2, 0.25) is 5.02 Å². The largest absolute Gasteiger partial charge is 0.381 e. The highest BCUT2D eigenvalue weighted by Crippen LogP contribution is 2.35. The summed E-state index contributed by atoms with van der Waals surface area (Å²) in [6.45, 7) is 8.27. The van der Waals surface area contributed by atoms with E-state index in [-0.39, 0.29) is 5.41 Å². The predicted molar refractivity (Wildman–Crippen MR) is 171 cm³/mol. The van der Waals surface area contributed by atoms with Gasteiger partial charge < -0.3 is 25.2 Å². The van der Waals surface area contributed by atoms with Crippen molar-refractivity contribution in [1.82, 2.24) is 15.3 Å². The molecule has 0 saturated carbocycles. The van der Waals surface area contributed by atoms with Crippen molar-refractivity contribution in [1.29, 1.82) is 0 Å². The molecule has 0 spiro atoms. The zero-order valence-corrected chi connectivity index (χ0v) is 25.3. The number of ether oxygens (including phenoxy) is 1. The number of hydrogen-bond acceptors (Lipinski definition) is 6. The molecule has 0 amide bonds. The van der Waals surface area contributed by atoms with Gasteiger partial charge in [-0.2, -0.15) is 9.97 Å². The summed E-state index contributed by atoms with van der Waals surface area (Å²) in [5, 5.41) is 8.11. The van der Waals surface area contributed by atoms with Crippen LogP contribution in [0.25, 0.3) is 0 Å². The van der Waals surface area contributed by atoms with E-state index in [2.05, 4.69) is 69.8 Å². The Morgan fingerprint density at radius 1 is 1.02 bits per heavy atom. The highest BCUT2D eigenvalue weighted by Gasteiger charge is 2.34. The SMILES string of the molecule is C[C@H]1CCCN(c2cc(N3CCc4ccccc4C3)nc(NC(=S)NCC3(c4ccc(Cl)cc4)CCOCC3)n2)C1. The van der Waals surface area contributed by atoms with Crippen LogP contribution in [0, 0.1) is 5.92 Å². The van der Waals surface area contributed by atoms with Gasteiger partial charge in [0.05, 0.1) is 0 Å². The maximum atomic E-state index is 6.19. The Labute approximate surface area is 253 Å². The Balaban J connectivity index is 1.21. The molecule has 2 saturated heterocycles. The summed E-state index contributed by atoms with van der Waals surface area (Å²) in [4.78, 5) is 14.7. The van der Waals surface area contributed by atoms with Gasteiger partial charge >= 0.3 is 0 Å². The topological polar surface area (TPSA) is 65.5 Å². The lowest BCUT2D eigenvalue weighted by atomic mass is 9.74. The molecule has 7 nitrogen and oxygen atoms in total. The third-order valence-electron chi connectivity index (χ3n) is 8.85. The van der Waals surface area contributed by atoms with Crippen LogP contribution in [-0.4, -0.2) is 54.5 Å². The van der Waals surface area contributed by atoms with E-state index in [1.807, 2.05) is 12.1 Å². The van der Waals surface area contributed by atoms with Gasteiger partial charge in [-0.25, -0.2) is 0 Å². The first-order valence-electron chi connectivity index (χ1n) is 14.8. The molecule has 41 heavy (non-hydrogen) atoms. The van der Waals surface area contributed by atoms with E-state index in [1.165, 1.54) is 29.5 Å². The van der Waals surface area contributed by atoms with E-state index >= 15 is 0 Å². The fraction of sp³-hybridized carbons (Fsp3) is 0.469. The molecule has 216 valence electrons. The second-order valence-electron chi connectivity index (χ2n) is 11.7. The average molecular weight is 591 g/mol. The van der Waals surface area contributed by atoms with Crippen molar-refractivity contribution in [3.8, 4) is 0 Å². The Kier molecular flexibility index (Phi) is 8.60. The molecule has 1 aromatic heterocycles. The minimum atomic E-state index is -0.0758. The number of hydrogen-bond donors (Lipinski definition) is 2. The number of fused-ring (bicyclic) bond motifs is 1. The Hall–Kier alpha value is -2.94. The highest BCUT2D eigenvalue weighted by atomic mass is 35.5. The number of anilines is 3. The first-order chi connectivity index (χ1) is 20.0. The number of nitrogens with zero attached hydrogens (tertiary/aromatic N) is 4. The van der Waals surface area contributed by atoms with Crippen LogP contribution in [-0.2, 0) is 23.1 Å². The second kappa shape index (κ2) is 12.5. The van der Waals surface area contributed by atoms with E-state index in [4.69, 9.17) is 38.5 Å². The van der Waals surface area contributed by atoms with Crippen LogP contribution >= 0.6 is 23.8 Å². The average Bonchev–Trinajstić information content (AvgIpc) is 3.00. The number of aromatic nitrogens is 2. The Bertz CT molecular complexity index is 1360. The summed E-state index contributed by atoms with van der Waals surface area (Å²) >= 11 is 12.0. The Morgan fingerprint density at radius 2 is 1.76 bits per heavy atom. The first-order valence-corrected chi connectivity index (χ1v) is 15.6. The summed E-state index contributed by atoms with van der Waals surface area (Å²) in [6.07, 6.45) is 5.29. The van der Waals surface area contributed by atoms with Crippen molar-refractivity contribution in [3.05, 3.63) is 76.3 Å². The smallest absolute Gasteiger partial charge is 0.232 e. The minimum absolute atomic E-state index is 0.0758. The Morgan fingerprint density at radius 3 is 2.51 bits per heavy atom. The summed E-state index contributed by atoms with van der Waals surface area (Å²) < 4.78 is 5.71. The first kappa shape index (κ1) is 28.2. The molecular formula is C32H39ClN6OS. The fourth-order valence-corrected chi connectivity index (χ4v) is 6.71. The van der Waals surface area contributed by atoms with Gasteiger partial charge in [0.25, 0.3) is 0 Å². The standard InChI is InChI=1S/C32H39ClN6OS/c1-23-5-4-15-38(20-23)28-19-29(39-16-12-24-6-2-3-7-25(24)21-39)36-30(35-28)37-31(41)34-22-32(13-17-40-18-14-32)26-8-10-27(33)11-9-26/h2-3,6-11,19,23H,4-5,12-18,20-22H2,1H3,(H2,34,35,36,37,41)/t23-/m0/s1. The summed E-state index contributed by atoms with van der Waals surface area (Å²) in [6, 6.07) is 19.0. The molecule has 6 rings (SSSR count). The molecule has 3 aromatic rings. The molecule has 4 heterocycles. The van der Waals surface area contributed by atoms with Crippen molar-refractivity contribution in [2.75, 3.05) is 54.5 Å². The van der Waals surface area contributed by atoms with Crippen LogP contribution in [0.4, 0.5) is 17.6 Å². The molecular weight excluding hydrogens is 552 g/mol. The predicted octanol–water partition coefficient (Wildman–Crippen LogP) is 5.96. The molecule has 2 N–H and O–H groups in total. The van der Waals surface area contributed by atoms with Gasteiger partial charge in [0.15, 0.2) is 5.11 Å². The van der Waals surface area contributed by atoms with Gasteiger partial charge in [-0.05, 0) is 79.1 Å². The zero-order chi connectivity index (χ0) is 28.2. The van der Waals surface area contributed by atoms with E-state index in [9.17, 15) is 0 Å². The monoisotopic (exact) mass is 590 g/mol. The number of halogens is 1. The molecule has 3 aliphatic heterocycles. The summed E-state index contributed by atoms with van der Waals surface area (Å²) in [5.74, 6) is 3.09. The number of thiocarbonyl (C=S) groups is 1. The molecule has 2 fully saturated rings. The van der Waals surface area contributed by atoms with Crippen LogP contribution < -0.4 is 20.4 Å². The summed E-state index contributed by atoms with van der Waals surface area (Å²) in [5.41, 5.74) is 3.97. The molecule has 0 aliphatic carbocycles. The van der Waals surface area contributed by atoms with Crippen LogP contribution in [0.3, 0.4) is 0 Å². The van der Waals surface area contributed by atoms with E-state index in [0.29, 0.717) is 23.5 Å². The van der Waals surface area contributed by atoms with Crippen molar-refractivity contribution in [3.63, 3.8) is 0 Å². The van der Waals surface area contributed by atoms with Gasteiger partial charge in [0.2, 0.25) is 5.95 Å². The van der Waals surface area contributed by atoms with Crippen LogP contribution in [0.1, 0.15) is 49.3 Å².